The predicted octanol–water partition coefficient (Wildman–Crippen LogP) is 9.49. The molecule has 0 aromatic heterocycles. The molecule has 0 heterocycles. The molecule has 0 radical (unpaired) electrons. The lowest BCUT2D eigenvalue weighted by atomic mass is 9.99. The normalized spacial score (nSPS) is 14.9. The van der Waals surface area contributed by atoms with Gasteiger partial charge in [-0.1, -0.05) is 108 Å². The number of benzene rings is 6. The van der Waals surface area contributed by atoms with Crippen LogP contribution in [0.4, 0.5) is 5.69 Å². The number of hydrogen-bond donors (Lipinski definition) is 6. The number of rotatable bonds is 18. The van der Waals surface area contributed by atoms with Crippen LogP contribution in [0.3, 0.4) is 0 Å². The Balaban J connectivity index is 0.000000244. The van der Waals surface area contributed by atoms with Crippen LogP contribution in [0.5, 0.6) is 0 Å². The average molecular weight is 841 g/mol. The van der Waals surface area contributed by atoms with Crippen LogP contribution < -0.4 is 16.0 Å². The molecule has 6 aromatic carbocycles. The number of aryl methyl sites for hydroxylation is 1. The highest BCUT2D eigenvalue weighted by atomic mass is 35.5. The van der Waals surface area contributed by atoms with Gasteiger partial charge >= 0.3 is 11.9 Å². The quantitative estimate of drug-likeness (QED) is 0.0369. The van der Waals surface area contributed by atoms with Crippen molar-refractivity contribution in [3.63, 3.8) is 0 Å². The third-order valence-electron chi connectivity index (χ3n) is 8.81. The van der Waals surface area contributed by atoms with E-state index in [2.05, 4.69) is 16.0 Å². The molecule has 6 aromatic rings. The van der Waals surface area contributed by atoms with E-state index >= 15 is 0 Å². The Morgan fingerprint density at radius 2 is 1.15 bits per heavy atom. The van der Waals surface area contributed by atoms with Gasteiger partial charge in [0.25, 0.3) is 0 Å². The van der Waals surface area contributed by atoms with Crippen LogP contribution in [-0.4, -0.2) is 67.0 Å². The molecule has 0 aliphatic heterocycles. The second-order valence-electron chi connectivity index (χ2n) is 13.1. The van der Waals surface area contributed by atoms with Crippen molar-refractivity contribution in [2.75, 3.05) is 45.1 Å². The summed E-state index contributed by atoms with van der Waals surface area (Å²) >= 11 is 11.8. The lowest BCUT2D eigenvalue weighted by Gasteiger charge is -2.13. The fourth-order valence-corrected chi connectivity index (χ4v) is 6.23. The van der Waals surface area contributed by atoms with Gasteiger partial charge in [-0.15, -0.1) is 0 Å². The fourth-order valence-electron chi connectivity index (χ4n) is 5.85. The number of nitrogens with one attached hydrogen (secondary N) is 3. The van der Waals surface area contributed by atoms with Gasteiger partial charge in [0.05, 0.1) is 33.1 Å². The molecule has 0 fully saturated rings. The van der Waals surface area contributed by atoms with E-state index in [4.69, 9.17) is 36.2 Å². The van der Waals surface area contributed by atoms with Crippen molar-refractivity contribution in [3.8, 4) is 22.3 Å². The Bertz CT molecular complexity index is 2580. The second kappa shape index (κ2) is 23.2. The summed E-state index contributed by atoms with van der Waals surface area (Å²) in [5.41, 5.74) is 6.09. The predicted molar refractivity (Wildman–Crippen MR) is 237 cm³/mol. The summed E-state index contributed by atoms with van der Waals surface area (Å²) in [5.74, 6) is -1.38. The number of carboxylic acids is 1. The Labute approximate surface area is 364 Å². The summed E-state index contributed by atoms with van der Waals surface area (Å²) in [6.07, 6.45) is -3.82. The molecule has 11 heteroatoms. The van der Waals surface area contributed by atoms with Crippen LogP contribution in [0.1, 0.15) is 64.2 Å². The van der Waals surface area contributed by atoms with E-state index in [1.54, 1.807) is 60.7 Å². The van der Waals surface area contributed by atoms with Gasteiger partial charge < -0.3 is 36.0 Å². The first-order valence-electron chi connectivity index (χ1n) is 21.7. The van der Waals surface area contributed by atoms with Gasteiger partial charge in [-0.25, -0.2) is 9.59 Å². The lowest BCUT2D eigenvalue weighted by molar-refractivity contribution is 0.0599. The van der Waals surface area contributed by atoms with E-state index < -0.39 is 37.1 Å². The third kappa shape index (κ3) is 14.4. The monoisotopic (exact) mass is 839 g/mol. The van der Waals surface area contributed by atoms with E-state index in [9.17, 15) is 24.9 Å². The van der Waals surface area contributed by atoms with Gasteiger partial charge in [0.2, 0.25) is 0 Å². The van der Waals surface area contributed by atoms with Crippen LogP contribution in [0.2, 0.25) is 10.0 Å². The number of aromatic carboxylic acids is 1. The van der Waals surface area contributed by atoms with Crippen LogP contribution in [0.25, 0.3) is 22.3 Å². The first kappa shape index (κ1) is 36.6. The number of hydrogen-bond acceptors (Lipinski definition) is 8. The van der Waals surface area contributed by atoms with Crippen LogP contribution >= 0.6 is 23.2 Å². The molecule has 306 valence electrons. The highest BCUT2D eigenvalue weighted by molar-refractivity contribution is 6.30. The number of ether oxygens (including phenoxy) is 1. The molecule has 6 N–H and O–H groups in total. The van der Waals surface area contributed by atoms with Crippen LogP contribution in [0, 0.1) is 0 Å². The molecule has 0 amide bonds. The van der Waals surface area contributed by atoms with Gasteiger partial charge in [-0.2, -0.15) is 0 Å². The molecule has 0 spiro atoms. The molecule has 0 saturated heterocycles. The SMILES string of the molecule is [2H]C([2H])(NCCCc1cccc(-c2cccc(C(=O)O)c2)c1)[C@]([2H])(O)c1cccc(Cl)c1.[2H]C([2H])(NCCNc1cccc(-c2cccc(C(=O)OC)c2)c1)[C@]([2H])(O)c1cccc(Cl)c1. The number of esters is 1. The zero-order valence-electron chi connectivity index (χ0n) is 38.2. The van der Waals surface area contributed by atoms with Gasteiger partial charge in [0.1, 0.15) is 0 Å². The summed E-state index contributed by atoms with van der Waals surface area (Å²) in [6.45, 7) is -4.08. The maximum absolute atomic E-state index is 11.8. The van der Waals surface area contributed by atoms with Gasteiger partial charge in [-0.3, -0.25) is 0 Å². The summed E-state index contributed by atoms with van der Waals surface area (Å²) in [4.78, 5) is 23.0. The van der Waals surface area contributed by atoms with Crippen molar-refractivity contribution >= 4 is 40.8 Å². The third-order valence-corrected chi connectivity index (χ3v) is 9.28. The number of aliphatic hydroxyl groups is 2. The van der Waals surface area contributed by atoms with Crippen LogP contribution in [-0.2, 0) is 11.2 Å². The van der Waals surface area contributed by atoms with Crippen LogP contribution in [0.15, 0.2) is 146 Å². The number of halogens is 2. The molecule has 0 bridgehead atoms. The topological polar surface area (TPSA) is 140 Å². The zero-order valence-corrected chi connectivity index (χ0v) is 33.7. The number of anilines is 1. The van der Waals surface area contributed by atoms with E-state index in [-0.39, 0.29) is 29.8 Å². The summed E-state index contributed by atoms with van der Waals surface area (Å²) in [5, 5.41) is 39.3. The Morgan fingerprint density at radius 1 is 0.644 bits per heavy atom. The van der Waals surface area contributed by atoms with Crippen molar-refractivity contribution in [2.24, 2.45) is 0 Å². The second-order valence-corrected chi connectivity index (χ2v) is 14.0. The first-order chi connectivity index (χ1) is 30.7. The van der Waals surface area contributed by atoms with Crippen molar-refractivity contribution in [1.29, 1.82) is 0 Å². The minimum Gasteiger partial charge on any atom is -0.478 e. The van der Waals surface area contributed by atoms with Gasteiger partial charge in [0, 0.05) is 47.3 Å². The number of carbonyl (C=O) groups excluding carboxylic acids is 1. The van der Waals surface area contributed by atoms with Crippen molar-refractivity contribution in [1.82, 2.24) is 10.6 Å². The average Bonchev–Trinajstić information content (AvgIpc) is 3.29. The molecule has 0 unspecified atom stereocenters. The fraction of sp³-hybridized carbons (Fsp3) is 0.208. The largest absolute Gasteiger partial charge is 0.478 e. The highest BCUT2D eigenvalue weighted by Crippen LogP contribution is 2.25. The van der Waals surface area contributed by atoms with Gasteiger partial charge in [-0.05, 0) is 119 Å². The standard InChI is InChI=1S/C24H25ClN2O3.C24H24ClNO3/c1-30-24(29)20-8-2-5-17(13-20)18-6-4-10-22(15-18)27-12-11-26-16-23(28)19-7-3-9-21(25)14-19;25-22-11-3-9-20(15-22)23(27)16-26-12-4-6-17-5-1-7-18(13-17)19-8-2-10-21(14-19)24(28)29/h2-10,13-15,23,26-28H,11-12,16H2,1H3;1-3,5,7-11,13-15,23,26-27H,4,6,12,16H2,(H,28,29)/t2*23-/m00/s1/i2*16D2,23D. The molecule has 0 aliphatic rings. The molecule has 0 saturated carbocycles. The number of methoxy groups -OCH3 is 1. The van der Waals surface area contributed by atoms with Gasteiger partial charge in [0.15, 0.2) is 0 Å². The van der Waals surface area contributed by atoms with E-state index in [1.807, 2.05) is 60.7 Å². The van der Waals surface area contributed by atoms with E-state index in [0.717, 1.165) is 33.5 Å². The lowest BCUT2D eigenvalue weighted by Crippen LogP contribution is -2.26. The number of carboxylic acid groups (broad SMARTS) is 1. The Morgan fingerprint density at radius 3 is 1.75 bits per heavy atom. The maximum Gasteiger partial charge on any atom is 0.337 e. The summed E-state index contributed by atoms with van der Waals surface area (Å²) in [7, 11) is 1.34. The molecule has 9 nitrogen and oxygen atoms in total. The maximum atomic E-state index is 11.8. The summed E-state index contributed by atoms with van der Waals surface area (Å²) < 4.78 is 53.7. The van der Waals surface area contributed by atoms with E-state index in [1.165, 1.54) is 31.4 Å². The molecular weight excluding hydrogens is 785 g/mol. The Kier molecular flexibility index (Phi) is 14.4. The molecule has 0 aliphatic carbocycles. The summed E-state index contributed by atoms with van der Waals surface area (Å²) in [6, 6.07) is 41.1. The first-order valence-corrected chi connectivity index (χ1v) is 19.4. The molecular formula is C48H49Cl2N3O6. The zero-order chi connectivity index (χ0) is 47.4. The smallest absolute Gasteiger partial charge is 0.337 e. The molecule has 6 rings (SSSR count). The minimum atomic E-state index is -2.53. The Hall–Kier alpha value is -5.52. The highest BCUT2D eigenvalue weighted by Gasteiger charge is 2.10. The van der Waals surface area contributed by atoms with Crippen molar-refractivity contribution < 1.29 is 37.9 Å². The van der Waals surface area contributed by atoms with Crippen molar-refractivity contribution in [3.05, 3.63) is 183 Å². The molecule has 2 atom stereocenters. The molecule has 59 heavy (non-hydrogen) atoms. The number of carbonyl (C=O) groups is 2. The van der Waals surface area contributed by atoms with E-state index in [0.29, 0.717) is 35.0 Å². The minimum absolute atomic E-state index is 0.0577. The van der Waals surface area contributed by atoms with Crippen molar-refractivity contribution in [2.45, 2.75) is 25.0 Å².